The molecule has 0 bridgehead atoms. The predicted molar refractivity (Wildman–Crippen MR) is 94.6 cm³/mol. The molecule has 1 N–H and O–H groups in total. The van der Waals surface area contributed by atoms with E-state index in [-0.39, 0.29) is 15.6 Å². The van der Waals surface area contributed by atoms with E-state index in [1.165, 1.54) is 12.1 Å². The third-order valence-electron chi connectivity index (χ3n) is 3.34. The molecule has 0 fully saturated rings. The molecule has 2 rings (SSSR count). The Morgan fingerprint density at radius 1 is 1.12 bits per heavy atom. The average Bonchev–Trinajstić information content (AvgIpc) is 2.53. The second-order valence-corrected chi connectivity index (χ2v) is 6.23. The number of nitrogens with one attached hydrogen (secondary N) is 1. The third kappa shape index (κ3) is 3.88. The largest absolute Gasteiger partial charge is 0.319 e. The van der Waals surface area contributed by atoms with Gasteiger partial charge in [-0.1, -0.05) is 40.9 Å². The molecule has 0 unspecified atom stereocenters. The standard InChI is InChI=1S/C17H11Cl3N2O2/c1-9-7-10(18)5-6-14(9)22-17(24)16(23)11(8-21)15-12(19)3-2-4-13(15)20/h2-7,11H,1H3,(H,22,24)/t11-/m0/s1. The van der Waals surface area contributed by atoms with Gasteiger partial charge in [0.2, 0.25) is 5.78 Å². The van der Waals surface area contributed by atoms with E-state index in [9.17, 15) is 14.9 Å². The Morgan fingerprint density at radius 2 is 1.75 bits per heavy atom. The highest BCUT2D eigenvalue weighted by Gasteiger charge is 2.30. The van der Waals surface area contributed by atoms with Crippen LogP contribution in [0.15, 0.2) is 36.4 Å². The Morgan fingerprint density at radius 3 is 2.29 bits per heavy atom. The zero-order valence-corrected chi connectivity index (χ0v) is 14.7. The zero-order valence-electron chi connectivity index (χ0n) is 12.4. The van der Waals surface area contributed by atoms with Gasteiger partial charge < -0.3 is 5.32 Å². The van der Waals surface area contributed by atoms with Gasteiger partial charge in [0.1, 0.15) is 5.92 Å². The van der Waals surface area contributed by atoms with Crippen molar-refractivity contribution in [1.82, 2.24) is 0 Å². The maximum Gasteiger partial charge on any atom is 0.293 e. The molecular weight excluding hydrogens is 371 g/mol. The van der Waals surface area contributed by atoms with Crippen molar-refractivity contribution in [2.75, 3.05) is 5.32 Å². The molecule has 0 aromatic heterocycles. The molecular formula is C17H11Cl3N2O2. The second-order valence-electron chi connectivity index (χ2n) is 4.98. The lowest BCUT2D eigenvalue weighted by Gasteiger charge is -2.13. The van der Waals surface area contributed by atoms with Crippen LogP contribution in [0.25, 0.3) is 0 Å². The number of hydrogen-bond donors (Lipinski definition) is 1. The molecule has 122 valence electrons. The monoisotopic (exact) mass is 380 g/mol. The maximum absolute atomic E-state index is 12.4. The number of aryl methyl sites for hydroxylation is 1. The molecule has 0 saturated carbocycles. The predicted octanol–water partition coefficient (Wildman–Crippen LogP) is 4.77. The first kappa shape index (κ1) is 18.3. The smallest absolute Gasteiger partial charge is 0.293 e. The SMILES string of the molecule is Cc1cc(Cl)ccc1NC(=O)C(=O)[C@@H](C#N)c1c(Cl)cccc1Cl. The van der Waals surface area contributed by atoms with Crippen molar-refractivity contribution in [3.63, 3.8) is 0 Å². The zero-order chi connectivity index (χ0) is 17.9. The topological polar surface area (TPSA) is 70.0 Å². The number of hydrogen-bond acceptors (Lipinski definition) is 3. The van der Waals surface area contributed by atoms with Crippen molar-refractivity contribution in [3.8, 4) is 6.07 Å². The summed E-state index contributed by atoms with van der Waals surface area (Å²) in [6.07, 6.45) is 0. The van der Waals surface area contributed by atoms with Crippen LogP contribution < -0.4 is 5.32 Å². The van der Waals surface area contributed by atoms with Gasteiger partial charge in [-0.2, -0.15) is 5.26 Å². The van der Waals surface area contributed by atoms with Crippen LogP contribution in [0.4, 0.5) is 5.69 Å². The van der Waals surface area contributed by atoms with E-state index in [0.29, 0.717) is 16.3 Å². The highest BCUT2D eigenvalue weighted by molar-refractivity contribution is 6.44. The summed E-state index contributed by atoms with van der Waals surface area (Å²) < 4.78 is 0. The van der Waals surface area contributed by atoms with E-state index in [1.807, 2.05) is 0 Å². The minimum atomic E-state index is -1.39. The number of halogens is 3. The summed E-state index contributed by atoms with van der Waals surface area (Å²) in [6.45, 7) is 1.73. The molecule has 1 atom stereocenters. The lowest BCUT2D eigenvalue weighted by atomic mass is 9.95. The Balaban J connectivity index is 2.29. The number of ketones is 1. The number of amides is 1. The Kier molecular flexibility index (Phi) is 5.84. The summed E-state index contributed by atoms with van der Waals surface area (Å²) in [7, 11) is 0. The third-order valence-corrected chi connectivity index (χ3v) is 4.23. The Labute approximate surface area is 153 Å². The van der Waals surface area contributed by atoms with Crippen LogP contribution in [0.5, 0.6) is 0 Å². The molecule has 0 aliphatic carbocycles. The van der Waals surface area contributed by atoms with E-state index in [1.54, 1.807) is 37.3 Å². The van der Waals surface area contributed by atoms with Crippen molar-refractivity contribution in [2.24, 2.45) is 0 Å². The first-order chi connectivity index (χ1) is 11.3. The summed E-state index contributed by atoms with van der Waals surface area (Å²) in [5, 5.41) is 12.6. The van der Waals surface area contributed by atoms with Gasteiger partial charge in [-0.25, -0.2) is 0 Å². The molecule has 0 aliphatic heterocycles. The van der Waals surface area contributed by atoms with Gasteiger partial charge in [-0.15, -0.1) is 0 Å². The van der Waals surface area contributed by atoms with Crippen LogP contribution >= 0.6 is 34.8 Å². The highest BCUT2D eigenvalue weighted by Crippen LogP contribution is 2.32. The van der Waals surface area contributed by atoms with E-state index in [0.717, 1.165) is 0 Å². The second kappa shape index (κ2) is 7.67. The number of nitrogens with zero attached hydrogens (tertiary/aromatic N) is 1. The van der Waals surface area contributed by atoms with Crippen molar-refractivity contribution in [3.05, 3.63) is 62.6 Å². The van der Waals surface area contributed by atoms with Crippen LogP contribution in [0, 0.1) is 18.3 Å². The summed E-state index contributed by atoms with van der Waals surface area (Å²) in [6, 6.07) is 11.2. The normalized spacial score (nSPS) is 11.5. The molecule has 24 heavy (non-hydrogen) atoms. The van der Waals surface area contributed by atoms with Crippen molar-refractivity contribution in [1.29, 1.82) is 5.26 Å². The minimum absolute atomic E-state index is 0.122. The molecule has 4 nitrogen and oxygen atoms in total. The van der Waals surface area contributed by atoms with Gasteiger partial charge in [0.25, 0.3) is 5.91 Å². The first-order valence-corrected chi connectivity index (χ1v) is 7.93. The first-order valence-electron chi connectivity index (χ1n) is 6.80. The number of nitriles is 1. The average molecular weight is 382 g/mol. The molecule has 1 amide bonds. The lowest BCUT2D eigenvalue weighted by molar-refractivity contribution is -0.135. The van der Waals surface area contributed by atoms with Crippen LogP contribution in [0.3, 0.4) is 0 Å². The van der Waals surface area contributed by atoms with Gasteiger partial charge in [0.05, 0.1) is 6.07 Å². The number of Topliss-reactive ketones (excluding diaryl/α,β-unsaturated/α-hetero) is 1. The maximum atomic E-state index is 12.4. The fourth-order valence-corrected chi connectivity index (χ4v) is 2.97. The highest BCUT2D eigenvalue weighted by atomic mass is 35.5. The van der Waals surface area contributed by atoms with Crippen molar-refractivity contribution < 1.29 is 9.59 Å². The van der Waals surface area contributed by atoms with E-state index < -0.39 is 17.6 Å². The summed E-state index contributed by atoms with van der Waals surface area (Å²) in [4.78, 5) is 24.6. The number of carbonyl (C=O) groups is 2. The molecule has 7 heteroatoms. The lowest BCUT2D eigenvalue weighted by Crippen LogP contribution is -2.28. The fourth-order valence-electron chi connectivity index (χ4n) is 2.12. The van der Waals surface area contributed by atoms with Crippen LogP contribution in [0.1, 0.15) is 17.0 Å². The van der Waals surface area contributed by atoms with Crippen LogP contribution in [-0.2, 0) is 9.59 Å². The summed E-state index contributed by atoms with van der Waals surface area (Å²) >= 11 is 17.9. The van der Waals surface area contributed by atoms with Gasteiger partial charge in [0, 0.05) is 26.3 Å². The molecule has 0 heterocycles. The van der Waals surface area contributed by atoms with Crippen molar-refractivity contribution >= 4 is 52.2 Å². The molecule has 2 aromatic carbocycles. The fraction of sp³-hybridized carbons (Fsp3) is 0.118. The summed E-state index contributed by atoms with van der Waals surface area (Å²) in [5.41, 5.74) is 1.24. The Bertz CT molecular complexity index is 839. The number of rotatable bonds is 4. The van der Waals surface area contributed by atoms with E-state index >= 15 is 0 Å². The van der Waals surface area contributed by atoms with Gasteiger partial charge in [-0.05, 0) is 42.8 Å². The number of benzene rings is 2. The molecule has 2 aromatic rings. The molecule has 0 saturated heterocycles. The number of anilines is 1. The number of carbonyl (C=O) groups excluding carboxylic acids is 2. The van der Waals surface area contributed by atoms with Crippen LogP contribution in [0.2, 0.25) is 15.1 Å². The minimum Gasteiger partial charge on any atom is -0.319 e. The quantitative estimate of drug-likeness (QED) is 0.775. The van der Waals surface area contributed by atoms with Gasteiger partial charge >= 0.3 is 0 Å². The van der Waals surface area contributed by atoms with Crippen LogP contribution in [-0.4, -0.2) is 11.7 Å². The van der Waals surface area contributed by atoms with E-state index in [4.69, 9.17) is 34.8 Å². The molecule has 0 aliphatic rings. The van der Waals surface area contributed by atoms with Gasteiger partial charge in [0.15, 0.2) is 0 Å². The summed E-state index contributed by atoms with van der Waals surface area (Å²) in [5.74, 6) is -3.26. The molecule has 0 spiro atoms. The van der Waals surface area contributed by atoms with Gasteiger partial charge in [-0.3, -0.25) is 9.59 Å². The Hall–Kier alpha value is -2.06. The van der Waals surface area contributed by atoms with Crippen molar-refractivity contribution in [2.45, 2.75) is 12.8 Å². The molecule has 0 radical (unpaired) electrons. The van der Waals surface area contributed by atoms with E-state index in [2.05, 4.69) is 5.32 Å².